The highest BCUT2D eigenvalue weighted by Crippen LogP contribution is 2.41. The summed E-state index contributed by atoms with van der Waals surface area (Å²) < 4.78 is 7.29. The van der Waals surface area contributed by atoms with Crippen LogP contribution < -0.4 is 0 Å². The maximum Gasteiger partial charge on any atom is 0.223 e. The number of fused-ring (bicyclic) bond motifs is 1. The van der Waals surface area contributed by atoms with Crippen molar-refractivity contribution in [2.24, 2.45) is 5.41 Å². The molecule has 2 aliphatic rings. The first-order valence-corrected chi connectivity index (χ1v) is 10.0. The van der Waals surface area contributed by atoms with E-state index >= 15 is 0 Å². The molecule has 0 aliphatic carbocycles. The third kappa shape index (κ3) is 3.73. The highest BCUT2D eigenvalue weighted by atomic mass is 16.5. The number of methoxy groups -OCH3 is 1. The maximum atomic E-state index is 12.4. The Labute approximate surface area is 161 Å². The Morgan fingerprint density at radius 2 is 2.07 bits per heavy atom. The summed E-state index contributed by atoms with van der Waals surface area (Å²) in [6.45, 7) is 7.53. The fourth-order valence-corrected chi connectivity index (χ4v) is 4.70. The lowest BCUT2D eigenvalue weighted by Crippen LogP contribution is -2.41. The number of carbonyl (C=O) groups is 1. The lowest BCUT2D eigenvalue weighted by Gasteiger charge is -2.38. The number of rotatable bonds is 6. The zero-order valence-electron chi connectivity index (χ0n) is 16.5. The van der Waals surface area contributed by atoms with E-state index in [4.69, 9.17) is 9.72 Å². The van der Waals surface area contributed by atoms with Crippen LogP contribution in [0, 0.1) is 12.3 Å². The molecule has 6 heteroatoms. The average molecular weight is 370 g/mol. The van der Waals surface area contributed by atoms with Crippen molar-refractivity contribution in [1.82, 2.24) is 19.2 Å². The Morgan fingerprint density at radius 3 is 2.85 bits per heavy atom. The SMILES string of the molecule is COCCCN1CC2(CCN(Cc3nc(C)n4ccccc34)CC2)CC1=O. The van der Waals surface area contributed by atoms with Crippen LogP contribution in [0.15, 0.2) is 24.4 Å². The smallest absolute Gasteiger partial charge is 0.223 e. The van der Waals surface area contributed by atoms with Crippen molar-refractivity contribution in [2.45, 2.75) is 39.2 Å². The van der Waals surface area contributed by atoms with Gasteiger partial charge >= 0.3 is 0 Å². The Bertz CT molecular complexity index is 808. The number of ether oxygens (including phenoxy) is 1. The van der Waals surface area contributed by atoms with Crippen LogP contribution in [0.2, 0.25) is 0 Å². The third-order valence-electron chi connectivity index (χ3n) is 6.27. The second kappa shape index (κ2) is 7.60. The maximum absolute atomic E-state index is 12.4. The predicted molar refractivity (Wildman–Crippen MR) is 105 cm³/mol. The molecule has 0 N–H and O–H groups in total. The third-order valence-corrected chi connectivity index (χ3v) is 6.27. The molecule has 27 heavy (non-hydrogen) atoms. The van der Waals surface area contributed by atoms with Crippen LogP contribution in [0.25, 0.3) is 5.52 Å². The van der Waals surface area contributed by atoms with Crippen LogP contribution in [0.5, 0.6) is 0 Å². The van der Waals surface area contributed by atoms with E-state index in [1.165, 1.54) is 5.52 Å². The average Bonchev–Trinajstić information content (AvgIpc) is 3.15. The molecule has 1 amide bonds. The topological polar surface area (TPSA) is 50.1 Å². The molecule has 1 spiro atoms. The van der Waals surface area contributed by atoms with Crippen molar-refractivity contribution in [2.75, 3.05) is 39.9 Å². The number of nitrogens with zero attached hydrogens (tertiary/aromatic N) is 4. The van der Waals surface area contributed by atoms with Gasteiger partial charge in [-0.15, -0.1) is 0 Å². The van der Waals surface area contributed by atoms with Crippen molar-refractivity contribution in [3.05, 3.63) is 35.9 Å². The summed E-state index contributed by atoms with van der Waals surface area (Å²) in [6.07, 6.45) is 5.93. The summed E-state index contributed by atoms with van der Waals surface area (Å²) in [4.78, 5) is 21.8. The van der Waals surface area contributed by atoms with Gasteiger partial charge in [0, 0.05) is 46.0 Å². The van der Waals surface area contributed by atoms with Crippen molar-refractivity contribution < 1.29 is 9.53 Å². The number of imidazole rings is 1. The first-order valence-electron chi connectivity index (χ1n) is 10.0. The van der Waals surface area contributed by atoms with Gasteiger partial charge in [-0.2, -0.15) is 0 Å². The number of carbonyl (C=O) groups excluding carboxylic acids is 1. The molecule has 6 nitrogen and oxygen atoms in total. The van der Waals surface area contributed by atoms with Crippen molar-refractivity contribution >= 4 is 11.4 Å². The van der Waals surface area contributed by atoms with Gasteiger partial charge in [0.25, 0.3) is 0 Å². The molecule has 0 unspecified atom stereocenters. The van der Waals surface area contributed by atoms with E-state index in [1.54, 1.807) is 7.11 Å². The van der Waals surface area contributed by atoms with Crippen LogP contribution in [-0.2, 0) is 16.1 Å². The number of aromatic nitrogens is 2. The van der Waals surface area contributed by atoms with E-state index in [-0.39, 0.29) is 5.41 Å². The Hall–Kier alpha value is -1.92. The lowest BCUT2D eigenvalue weighted by molar-refractivity contribution is -0.128. The summed E-state index contributed by atoms with van der Waals surface area (Å²) in [5.74, 6) is 1.37. The van der Waals surface area contributed by atoms with Gasteiger partial charge in [-0.1, -0.05) is 6.07 Å². The number of likely N-dealkylation sites (tertiary alicyclic amines) is 2. The molecule has 0 bridgehead atoms. The zero-order valence-corrected chi connectivity index (χ0v) is 16.5. The molecule has 2 fully saturated rings. The number of aryl methyl sites for hydroxylation is 1. The van der Waals surface area contributed by atoms with Crippen molar-refractivity contribution in [3.63, 3.8) is 0 Å². The normalized spacial score (nSPS) is 20.2. The summed E-state index contributed by atoms with van der Waals surface area (Å²) in [6, 6.07) is 6.27. The highest BCUT2D eigenvalue weighted by Gasteiger charge is 2.44. The number of piperidine rings is 1. The van der Waals surface area contributed by atoms with E-state index in [0.29, 0.717) is 5.91 Å². The molecule has 0 aromatic carbocycles. The van der Waals surface area contributed by atoms with E-state index in [1.807, 2.05) is 6.07 Å². The van der Waals surface area contributed by atoms with Gasteiger partial charge < -0.3 is 14.0 Å². The summed E-state index contributed by atoms with van der Waals surface area (Å²) >= 11 is 0. The largest absolute Gasteiger partial charge is 0.385 e. The highest BCUT2D eigenvalue weighted by molar-refractivity contribution is 5.79. The van der Waals surface area contributed by atoms with Crippen LogP contribution in [0.4, 0.5) is 0 Å². The molecule has 4 rings (SSSR count). The summed E-state index contributed by atoms with van der Waals surface area (Å²) in [5.41, 5.74) is 2.55. The quantitative estimate of drug-likeness (QED) is 0.733. The first-order chi connectivity index (χ1) is 13.1. The van der Waals surface area contributed by atoms with Crippen LogP contribution in [0.3, 0.4) is 0 Å². The summed E-state index contributed by atoms with van der Waals surface area (Å²) in [7, 11) is 1.72. The fraction of sp³-hybridized carbons (Fsp3) is 0.619. The van der Waals surface area contributed by atoms with Gasteiger partial charge in [0.15, 0.2) is 0 Å². The molecule has 0 radical (unpaired) electrons. The minimum Gasteiger partial charge on any atom is -0.385 e. The van der Waals surface area contributed by atoms with Gasteiger partial charge in [0.2, 0.25) is 5.91 Å². The van der Waals surface area contributed by atoms with Gasteiger partial charge in [-0.05, 0) is 56.8 Å². The first kappa shape index (κ1) is 18.4. The van der Waals surface area contributed by atoms with Crippen molar-refractivity contribution in [1.29, 1.82) is 0 Å². The van der Waals surface area contributed by atoms with Crippen LogP contribution in [0.1, 0.15) is 37.2 Å². The summed E-state index contributed by atoms with van der Waals surface area (Å²) in [5, 5.41) is 0. The van der Waals surface area contributed by atoms with Gasteiger partial charge in [0.1, 0.15) is 5.82 Å². The monoisotopic (exact) mass is 370 g/mol. The van der Waals surface area contributed by atoms with Crippen molar-refractivity contribution in [3.8, 4) is 0 Å². The molecule has 2 aromatic rings. The Morgan fingerprint density at radius 1 is 1.26 bits per heavy atom. The zero-order chi connectivity index (χ0) is 18.9. The Balaban J connectivity index is 1.36. The number of hydrogen-bond acceptors (Lipinski definition) is 4. The van der Waals surface area contributed by atoms with E-state index in [2.05, 4.69) is 39.5 Å². The molecule has 0 saturated carbocycles. The fourth-order valence-electron chi connectivity index (χ4n) is 4.70. The van der Waals surface area contributed by atoms with E-state index < -0.39 is 0 Å². The molecule has 2 aliphatic heterocycles. The number of pyridine rings is 1. The number of hydrogen-bond donors (Lipinski definition) is 0. The van der Waals surface area contributed by atoms with Gasteiger partial charge in [-0.3, -0.25) is 9.69 Å². The van der Waals surface area contributed by atoms with E-state index in [9.17, 15) is 4.79 Å². The number of amides is 1. The Kier molecular flexibility index (Phi) is 5.19. The molecule has 2 saturated heterocycles. The molecule has 4 heterocycles. The molecular formula is C21H30N4O2. The van der Waals surface area contributed by atoms with Gasteiger partial charge in [-0.25, -0.2) is 4.98 Å². The molecular weight excluding hydrogens is 340 g/mol. The molecule has 2 aromatic heterocycles. The molecule has 146 valence electrons. The van der Waals surface area contributed by atoms with Crippen LogP contribution in [-0.4, -0.2) is 65.0 Å². The second-order valence-electron chi connectivity index (χ2n) is 8.18. The predicted octanol–water partition coefficient (Wildman–Crippen LogP) is 2.49. The second-order valence-corrected chi connectivity index (χ2v) is 8.18. The lowest BCUT2D eigenvalue weighted by atomic mass is 9.77. The van der Waals surface area contributed by atoms with Crippen LogP contribution >= 0.6 is 0 Å². The van der Waals surface area contributed by atoms with Gasteiger partial charge in [0.05, 0.1) is 11.2 Å². The minimum absolute atomic E-state index is 0.187. The standard InChI is InChI=1S/C21H30N4O2/c1-17-22-18(19-6-3-4-10-25(17)19)15-23-11-7-21(8-12-23)14-20(26)24(16-21)9-5-13-27-2/h3-4,6,10H,5,7-9,11-16H2,1-2H3. The molecule has 0 atom stereocenters. The minimum atomic E-state index is 0.187. The van der Waals surface area contributed by atoms with E-state index in [0.717, 1.165) is 76.5 Å².